The summed E-state index contributed by atoms with van der Waals surface area (Å²) < 4.78 is 0. The Hall–Kier alpha value is -0.860. The molecule has 1 aliphatic rings. The van der Waals surface area contributed by atoms with Crippen molar-refractivity contribution in [2.75, 3.05) is 0 Å². The molecule has 3 heteroatoms. The summed E-state index contributed by atoms with van der Waals surface area (Å²) in [5.74, 6) is 0.604. The Balaban J connectivity index is 2.31. The van der Waals surface area contributed by atoms with E-state index < -0.39 is 0 Å². The lowest BCUT2D eigenvalue weighted by Gasteiger charge is -2.19. The Morgan fingerprint density at radius 1 is 1.53 bits per heavy atom. The fraction of sp³-hybridized carbons (Fsp3) is 0.833. The Kier molecular flexibility index (Phi) is 5.37. The van der Waals surface area contributed by atoms with E-state index in [1.165, 1.54) is 25.0 Å². The van der Waals surface area contributed by atoms with Gasteiger partial charge in [-0.2, -0.15) is 5.10 Å². The van der Waals surface area contributed by atoms with E-state index in [1.807, 2.05) is 0 Å². The third-order valence-electron chi connectivity index (χ3n) is 2.97. The predicted octanol–water partition coefficient (Wildman–Crippen LogP) is 2.86. The third-order valence-corrected chi connectivity index (χ3v) is 2.97. The highest BCUT2D eigenvalue weighted by molar-refractivity contribution is 5.88. The van der Waals surface area contributed by atoms with Crippen molar-refractivity contribution in [1.29, 1.82) is 0 Å². The second-order valence-electron chi connectivity index (χ2n) is 4.39. The quantitative estimate of drug-likeness (QED) is 0.712. The molecular formula is C12H22N2O. The number of rotatable bonds is 4. The maximum atomic E-state index is 11.3. The van der Waals surface area contributed by atoms with Crippen LogP contribution in [0.15, 0.2) is 5.10 Å². The minimum Gasteiger partial charge on any atom is -0.273 e. The first-order chi connectivity index (χ1) is 7.24. The van der Waals surface area contributed by atoms with Crippen LogP contribution in [0.5, 0.6) is 0 Å². The number of amides is 1. The van der Waals surface area contributed by atoms with Crippen molar-refractivity contribution in [1.82, 2.24) is 5.43 Å². The number of hydrogen-bond donors (Lipinski definition) is 1. The zero-order chi connectivity index (χ0) is 11.1. The van der Waals surface area contributed by atoms with Gasteiger partial charge in [0.25, 0.3) is 0 Å². The van der Waals surface area contributed by atoms with Crippen molar-refractivity contribution in [3.63, 3.8) is 0 Å². The zero-order valence-corrected chi connectivity index (χ0v) is 9.88. The van der Waals surface area contributed by atoms with Crippen LogP contribution in [0.1, 0.15) is 58.8 Å². The lowest BCUT2D eigenvalue weighted by atomic mass is 9.89. The number of carbonyl (C=O) groups is 1. The molecule has 0 aliphatic heterocycles. The smallest absolute Gasteiger partial charge is 0.240 e. The fourth-order valence-corrected chi connectivity index (χ4v) is 1.86. The molecule has 1 rings (SSSR count). The Labute approximate surface area is 92.3 Å². The van der Waals surface area contributed by atoms with Gasteiger partial charge in [0.15, 0.2) is 0 Å². The van der Waals surface area contributed by atoms with Crippen LogP contribution >= 0.6 is 0 Å². The molecule has 0 heterocycles. The van der Waals surface area contributed by atoms with E-state index >= 15 is 0 Å². The molecule has 0 aromatic rings. The minimum absolute atomic E-state index is 0.0575. The molecule has 0 radical (unpaired) electrons. The Bertz CT molecular complexity index is 236. The van der Waals surface area contributed by atoms with Crippen LogP contribution in [0, 0.1) is 5.92 Å². The van der Waals surface area contributed by atoms with Crippen LogP contribution in [0.4, 0.5) is 0 Å². The molecule has 0 aromatic heterocycles. The first-order valence-corrected chi connectivity index (χ1v) is 6.09. The molecule has 3 nitrogen and oxygen atoms in total. The molecular weight excluding hydrogens is 188 g/mol. The second kappa shape index (κ2) is 6.59. The van der Waals surface area contributed by atoms with Crippen LogP contribution in [0.3, 0.4) is 0 Å². The summed E-state index contributed by atoms with van der Waals surface area (Å²) in [4.78, 5) is 11.3. The third kappa shape index (κ3) is 4.45. The highest BCUT2D eigenvalue weighted by Crippen LogP contribution is 2.20. The van der Waals surface area contributed by atoms with Crippen LogP contribution < -0.4 is 5.43 Å². The van der Waals surface area contributed by atoms with Gasteiger partial charge in [0.2, 0.25) is 5.91 Å². The summed E-state index contributed by atoms with van der Waals surface area (Å²) >= 11 is 0. The summed E-state index contributed by atoms with van der Waals surface area (Å²) in [6.45, 7) is 4.28. The minimum atomic E-state index is 0.0575. The van der Waals surface area contributed by atoms with Gasteiger partial charge in [0.1, 0.15) is 0 Å². The molecule has 86 valence electrons. The van der Waals surface area contributed by atoms with Crippen molar-refractivity contribution >= 4 is 11.6 Å². The van der Waals surface area contributed by atoms with Gasteiger partial charge in [0.05, 0.1) is 0 Å². The van der Waals surface area contributed by atoms with Crippen LogP contribution in [-0.4, -0.2) is 11.6 Å². The van der Waals surface area contributed by atoms with Crippen molar-refractivity contribution in [2.45, 2.75) is 58.8 Å². The molecule has 1 fully saturated rings. The van der Waals surface area contributed by atoms with Gasteiger partial charge in [-0.1, -0.05) is 26.7 Å². The SMILES string of the molecule is CCCCC(=O)N/N=C1/CCCC[C@@H]1C. The van der Waals surface area contributed by atoms with Crippen molar-refractivity contribution in [3.05, 3.63) is 0 Å². The number of nitrogens with one attached hydrogen (secondary N) is 1. The van der Waals surface area contributed by atoms with E-state index in [4.69, 9.17) is 0 Å². The van der Waals surface area contributed by atoms with E-state index in [-0.39, 0.29) is 5.91 Å². The molecule has 0 unspecified atom stereocenters. The van der Waals surface area contributed by atoms with Gasteiger partial charge in [-0.15, -0.1) is 0 Å². The molecule has 1 amide bonds. The summed E-state index contributed by atoms with van der Waals surface area (Å²) in [6.07, 6.45) is 7.38. The van der Waals surface area contributed by atoms with Gasteiger partial charge in [-0.25, -0.2) is 5.43 Å². The number of carbonyl (C=O) groups excluding carboxylic acids is 1. The maximum absolute atomic E-state index is 11.3. The first-order valence-electron chi connectivity index (χ1n) is 6.09. The Morgan fingerprint density at radius 2 is 2.33 bits per heavy atom. The van der Waals surface area contributed by atoms with Crippen molar-refractivity contribution < 1.29 is 4.79 Å². The van der Waals surface area contributed by atoms with Gasteiger partial charge in [-0.05, 0) is 31.6 Å². The number of nitrogens with zero attached hydrogens (tertiary/aromatic N) is 1. The van der Waals surface area contributed by atoms with Gasteiger partial charge in [0, 0.05) is 12.1 Å². The molecule has 0 aromatic carbocycles. The molecule has 15 heavy (non-hydrogen) atoms. The topological polar surface area (TPSA) is 41.5 Å². The highest BCUT2D eigenvalue weighted by atomic mass is 16.2. The molecule has 1 aliphatic carbocycles. The lowest BCUT2D eigenvalue weighted by molar-refractivity contribution is -0.121. The summed E-state index contributed by atoms with van der Waals surface area (Å²) in [7, 11) is 0. The summed E-state index contributed by atoms with van der Waals surface area (Å²) in [5.41, 5.74) is 3.84. The van der Waals surface area contributed by atoms with Crippen LogP contribution in [0.2, 0.25) is 0 Å². The molecule has 0 bridgehead atoms. The van der Waals surface area contributed by atoms with Gasteiger partial charge >= 0.3 is 0 Å². The van der Waals surface area contributed by atoms with Gasteiger partial charge in [-0.3, -0.25) is 4.79 Å². The molecule has 1 saturated carbocycles. The van der Waals surface area contributed by atoms with E-state index in [0.29, 0.717) is 12.3 Å². The van der Waals surface area contributed by atoms with Crippen LogP contribution in [-0.2, 0) is 4.79 Å². The monoisotopic (exact) mass is 210 g/mol. The van der Waals surface area contributed by atoms with E-state index in [0.717, 1.165) is 19.3 Å². The Morgan fingerprint density at radius 3 is 3.00 bits per heavy atom. The summed E-state index contributed by atoms with van der Waals surface area (Å²) in [6, 6.07) is 0. The van der Waals surface area contributed by atoms with Crippen LogP contribution in [0.25, 0.3) is 0 Å². The largest absolute Gasteiger partial charge is 0.273 e. The zero-order valence-electron chi connectivity index (χ0n) is 9.88. The van der Waals surface area contributed by atoms with Crippen molar-refractivity contribution in [3.8, 4) is 0 Å². The fourth-order valence-electron chi connectivity index (χ4n) is 1.86. The molecule has 0 spiro atoms. The average Bonchev–Trinajstić information content (AvgIpc) is 2.25. The molecule has 0 saturated heterocycles. The second-order valence-corrected chi connectivity index (χ2v) is 4.39. The standard InChI is InChI=1S/C12H22N2O/c1-3-4-9-12(15)14-13-11-8-6-5-7-10(11)2/h10H,3-9H2,1-2H3,(H,14,15)/b13-11-/t10-/m0/s1. The average molecular weight is 210 g/mol. The molecule has 1 atom stereocenters. The first kappa shape index (κ1) is 12.2. The number of hydrogen-bond acceptors (Lipinski definition) is 2. The van der Waals surface area contributed by atoms with Gasteiger partial charge < -0.3 is 0 Å². The van der Waals surface area contributed by atoms with E-state index in [9.17, 15) is 4.79 Å². The maximum Gasteiger partial charge on any atom is 0.240 e. The molecule has 1 N–H and O–H groups in total. The number of unbranched alkanes of at least 4 members (excludes halogenated alkanes) is 1. The lowest BCUT2D eigenvalue weighted by Crippen LogP contribution is -2.24. The summed E-state index contributed by atoms with van der Waals surface area (Å²) in [5, 5.41) is 4.23. The van der Waals surface area contributed by atoms with Crippen molar-refractivity contribution in [2.24, 2.45) is 11.0 Å². The highest BCUT2D eigenvalue weighted by Gasteiger charge is 2.15. The predicted molar refractivity (Wildman–Crippen MR) is 62.7 cm³/mol. The van der Waals surface area contributed by atoms with E-state index in [1.54, 1.807) is 0 Å². The van der Waals surface area contributed by atoms with E-state index in [2.05, 4.69) is 24.4 Å². The number of hydrazone groups is 1. The normalized spacial score (nSPS) is 24.1.